The minimum Gasteiger partial charge on any atom is -0.310 e. The van der Waals surface area contributed by atoms with E-state index in [1.54, 1.807) is 0 Å². The van der Waals surface area contributed by atoms with E-state index in [0.717, 1.165) is 11.8 Å². The molecule has 2 heteroatoms. The normalized spacial score (nSPS) is 25.9. The minimum absolute atomic E-state index is 0.446. The Kier molecular flexibility index (Phi) is 5.25. The summed E-state index contributed by atoms with van der Waals surface area (Å²) in [5.74, 6) is 1.83. The fourth-order valence-corrected chi connectivity index (χ4v) is 3.19. The van der Waals surface area contributed by atoms with Crippen LogP contribution >= 0.6 is 15.9 Å². The molecule has 0 spiro atoms. The Morgan fingerprint density at radius 3 is 2.67 bits per heavy atom. The van der Waals surface area contributed by atoms with Crippen molar-refractivity contribution in [2.75, 3.05) is 6.54 Å². The average Bonchev–Trinajstić information content (AvgIpc) is 2.38. The lowest BCUT2D eigenvalue weighted by atomic mass is 9.83. The largest absolute Gasteiger partial charge is 0.310 e. The van der Waals surface area contributed by atoms with Crippen LogP contribution in [0.15, 0.2) is 28.7 Å². The van der Waals surface area contributed by atoms with Gasteiger partial charge in [-0.1, -0.05) is 47.8 Å². The van der Waals surface area contributed by atoms with Crippen LogP contribution in [0.4, 0.5) is 0 Å². The molecule has 0 amide bonds. The van der Waals surface area contributed by atoms with E-state index in [9.17, 15) is 0 Å². The molecule has 2 rings (SSSR count). The molecule has 0 radical (unpaired) electrons. The van der Waals surface area contributed by atoms with Crippen LogP contribution in [0, 0.1) is 11.8 Å². The van der Waals surface area contributed by atoms with E-state index in [1.807, 2.05) is 0 Å². The van der Waals surface area contributed by atoms with Crippen molar-refractivity contribution < 1.29 is 0 Å². The van der Waals surface area contributed by atoms with Gasteiger partial charge in [0, 0.05) is 10.5 Å². The highest BCUT2D eigenvalue weighted by atomic mass is 79.9. The predicted octanol–water partition coefficient (Wildman–Crippen LogP) is 4.93. The van der Waals surface area contributed by atoms with E-state index in [2.05, 4.69) is 59.4 Å². The Morgan fingerprint density at radius 2 is 2.00 bits per heavy atom. The van der Waals surface area contributed by atoms with E-state index in [-0.39, 0.29) is 0 Å². The molecule has 1 aromatic rings. The monoisotopic (exact) mass is 309 g/mol. The first-order chi connectivity index (χ1) is 8.65. The van der Waals surface area contributed by atoms with Crippen LogP contribution in [0.1, 0.15) is 51.1 Å². The molecule has 1 saturated carbocycles. The van der Waals surface area contributed by atoms with Crippen LogP contribution in [-0.4, -0.2) is 6.54 Å². The molecule has 1 aliphatic rings. The number of benzene rings is 1. The zero-order valence-corrected chi connectivity index (χ0v) is 13.0. The third kappa shape index (κ3) is 4.10. The maximum atomic E-state index is 3.69. The van der Waals surface area contributed by atoms with Gasteiger partial charge in [0.1, 0.15) is 0 Å². The van der Waals surface area contributed by atoms with Crippen molar-refractivity contribution in [3.63, 3.8) is 0 Å². The number of rotatable bonds is 4. The first-order valence-corrected chi connectivity index (χ1v) is 7.93. The quantitative estimate of drug-likeness (QED) is 0.832. The van der Waals surface area contributed by atoms with Crippen molar-refractivity contribution in [2.45, 2.75) is 45.6 Å². The van der Waals surface area contributed by atoms with Gasteiger partial charge in [-0.2, -0.15) is 0 Å². The van der Waals surface area contributed by atoms with Gasteiger partial charge in [0.05, 0.1) is 0 Å². The lowest BCUT2D eigenvalue weighted by molar-refractivity contribution is 0.276. The van der Waals surface area contributed by atoms with E-state index in [1.165, 1.54) is 42.3 Å². The van der Waals surface area contributed by atoms with Crippen molar-refractivity contribution in [1.82, 2.24) is 5.32 Å². The zero-order valence-electron chi connectivity index (χ0n) is 11.5. The first-order valence-electron chi connectivity index (χ1n) is 7.14. The number of hydrogen-bond donors (Lipinski definition) is 1. The van der Waals surface area contributed by atoms with Crippen molar-refractivity contribution in [3.8, 4) is 0 Å². The van der Waals surface area contributed by atoms with Gasteiger partial charge in [-0.3, -0.25) is 0 Å². The molecular formula is C16H24BrN. The molecular weight excluding hydrogens is 286 g/mol. The topological polar surface area (TPSA) is 12.0 Å². The van der Waals surface area contributed by atoms with E-state index in [4.69, 9.17) is 0 Å². The third-order valence-electron chi connectivity index (χ3n) is 4.20. The third-order valence-corrected chi connectivity index (χ3v) is 4.69. The Bertz CT molecular complexity index is 369. The molecule has 0 saturated heterocycles. The maximum absolute atomic E-state index is 3.69. The molecule has 0 bridgehead atoms. The van der Waals surface area contributed by atoms with Crippen LogP contribution < -0.4 is 5.32 Å². The molecule has 1 aromatic carbocycles. The van der Waals surface area contributed by atoms with Gasteiger partial charge in [0.2, 0.25) is 0 Å². The molecule has 0 unspecified atom stereocenters. The van der Waals surface area contributed by atoms with Gasteiger partial charge in [0.25, 0.3) is 0 Å². The summed E-state index contributed by atoms with van der Waals surface area (Å²) in [6.07, 6.45) is 5.63. The number of hydrogen-bond acceptors (Lipinski definition) is 1. The maximum Gasteiger partial charge on any atom is 0.0292 e. The van der Waals surface area contributed by atoms with Crippen LogP contribution in [-0.2, 0) is 0 Å². The summed E-state index contributed by atoms with van der Waals surface area (Å²) >= 11 is 3.54. The summed E-state index contributed by atoms with van der Waals surface area (Å²) in [5.41, 5.74) is 1.37. The van der Waals surface area contributed by atoms with Crippen LogP contribution in [0.5, 0.6) is 0 Å². The average molecular weight is 310 g/mol. The van der Waals surface area contributed by atoms with Gasteiger partial charge >= 0.3 is 0 Å². The Balaban J connectivity index is 1.79. The molecule has 1 atom stereocenters. The summed E-state index contributed by atoms with van der Waals surface area (Å²) in [7, 11) is 0. The lowest BCUT2D eigenvalue weighted by Gasteiger charge is -2.27. The van der Waals surface area contributed by atoms with Crippen LogP contribution in [0.25, 0.3) is 0 Å². The Labute approximate surface area is 119 Å². The van der Waals surface area contributed by atoms with Gasteiger partial charge in [-0.25, -0.2) is 0 Å². The smallest absolute Gasteiger partial charge is 0.0292 e. The molecule has 0 aromatic heterocycles. The second-order valence-electron chi connectivity index (χ2n) is 5.81. The van der Waals surface area contributed by atoms with Crippen molar-refractivity contribution in [2.24, 2.45) is 11.8 Å². The highest BCUT2D eigenvalue weighted by molar-refractivity contribution is 9.10. The summed E-state index contributed by atoms with van der Waals surface area (Å²) in [6, 6.07) is 9.05. The molecule has 1 N–H and O–H groups in total. The summed E-state index contributed by atoms with van der Waals surface area (Å²) < 4.78 is 1.17. The van der Waals surface area contributed by atoms with Crippen molar-refractivity contribution >= 4 is 15.9 Å². The number of nitrogens with one attached hydrogen (secondary N) is 1. The van der Waals surface area contributed by atoms with Gasteiger partial charge in [-0.05, 0) is 55.8 Å². The van der Waals surface area contributed by atoms with E-state index >= 15 is 0 Å². The Hall–Kier alpha value is -0.340. The minimum atomic E-state index is 0.446. The van der Waals surface area contributed by atoms with Gasteiger partial charge < -0.3 is 5.32 Å². The molecule has 18 heavy (non-hydrogen) atoms. The van der Waals surface area contributed by atoms with Gasteiger partial charge in [0.15, 0.2) is 0 Å². The molecule has 0 aliphatic heterocycles. The zero-order chi connectivity index (χ0) is 13.0. The molecule has 0 heterocycles. The highest BCUT2D eigenvalue weighted by Crippen LogP contribution is 2.28. The molecule has 1 aliphatic carbocycles. The summed E-state index contributed by atoms with van der Waals surface area (Å²) in [6.45, 7) is 5.81. The van der Waals surface area contributed by atoms with E-state index in [0.29, 0.717) is 6.04 Å². The van der Waals surface area contributed by atoms with Gasteiger partial charge in [-0.15, -0.1) is 0 Å². The van der Waals surface area contributed by atoms with Crippen molar-refractivity contribution in [3.05, 3.63) is 34.3 Å². The lowest BCUT2D eigenvalue weighted by Crippen LogP contribution is -2.28. The van der Waals surface area contributed by atoms with Crippen LogP contribution in [0.3, 0.4) is 0 Å². The second-order valence-corrected chi connectivity index (χ2v) is 6.73. The Morgan fingerprint density at radius 1 is 1.28 bits per heavy atom. The number of halogens is 1. The summed E-state index contributed by atoms with van der Waals surface area (Å²) in [5, 5.41) is 3.69. The molecule has 100 valence electrons. The SMILES string of the molecule is CC1CCC(CN[C@@H](C)c2cccc(Br)c2)CC1. The molecule has 1 nitrogen and oxygen atoms in total. The highest BCUT2D eigenvalue weighted by Gasteiger charge is 2.18. The second kappa shape index (κ2) is 6.72. The standard InChI is InChI=1S/C16H24BrN/c1-12-6-8-14(9-7-12)11-18-13(2)15-4-3-5-16(17)10-15/h3-5,10,12-14,18H,6-9,11H2,1-2H3/t12?,13-,14?/m0/s1. The van der Waals surface area contributed by atoms with E-state index < -0.39 is 0 Å². The fourth-order valence-electron chi connectivity index (χ4n) is 2.77. The predicted molar refractivity (Wildman–Crippen MR) is 81.7 cm³/mol. The molecule has 1 fully saturated rings. The first kappa shape index (κ1) is 14.1. The fraction of sp³-hybridized carbons (Fsp3) is 0.625. The summed E-state index contributed by atoms with van der Waals surface area (Å²) in [4.78, 5) is 0. The van der Waals surface area contributed by atoms with Crippen LogP contribution in [0.2, 0.25) is 0 Å². The van der Waals surface area contributed by atoms with Crippen molar-refractivity contribution in [1.29, 1.82) is 0 Å².